The molecule has 0 aliphatic rings. The molecule has 0 unspecified atom stereocenters. The molecule has 0 aliphatic heterocycles. The van der Waals surface area contributed by atoms with Crippen LogP contribution in [0.15, 0.2) is 18.2 Å². The number of carboxylic acids is 1. The van der Waals surface area contributed by atoms with Crippen molar-refractivity contribution in [1.29, 1.82) is 5.26 Å². The van der Waals surface area contributed by atoms with Gasteiger partial charge in [0.1, 0.15) is 0 Å². The average molecular weight is 230 g/mol. The molecule has 1 aromatic carbocycles. The Hall–Kier alpha value is -2.86. The molecular weight excluding hydrogens is 224 g/mol. The molecule has 0 radical (unpaired) electrons. The van der Waals surface area contributed by atoms with Gasteiger partial charge in [0.05, 0.1) is 23.0 Å². The summed E-state index contributed by atoms with van der Waals surface area (Å²) in [6, 6.07) is 5.06. The van der Waals surface area contributed by atoms with Crippen molar-refractivity contribution < 1.29 is 14.8 Å². The lowest BCUT2D eigenvalue weighted by Gasteiger charge is -1.98. The van der Waals surface area contributed by atoms with Gasteiger partial charge in [0.15, 0.2) is 0 Å². The Kier molecular flexibility index (Phi) is 3.80. The fraction of sp³-hybridized carbons (Fsp3) is 0.0909. The van der Waals surface area contributed by atoms with E-state index in [-0.39, 0.29) is 23.2 Å². The zero-order valence-corrected chi connectivity index (χ0v) is 8.51. The second kappa shape index (κ2) is 5.29. The molecule has 0 aromatic heterocycles. The van der Waals surface area contributed by atoms with Crippen LogP contribution in [0.4, 0.5) is 5.69 Å². The molecule has 17 heavy (non-hydrogen) atoms. The number of non-ortho nitro benzene ring substituents is 1. The van der Waals surface area contributed by atoms with Gasteiger partial charge in [0, 0.05) is 17.7 Å². The predicted molar refractivity (Wildman–Crippen MR) is 57.2 cm³/mol. The number of nitrogens with zero attached hydrogens (tertiary/aromatic N) is 2. The average Bonchev–Trinajstić information content (AvgIpc) is 2.28. The van der Waals surface area contributed by atoms with Crippen molar-refractivity contribution in [2.45, 2.75) is 6.42 Å². The van der Waals surface area contributed by atoms with Gasteiger partial charge in [-0.3, -0.25) is 10.1 Å². The van der Waals surface area contributed by atoms with Gasteiger partial charge in [-0.15, -0.1) is 0 Å². The van der Waals surface area contributed by atoms with Crippen LogP contribution >= 0.6 is 0 Å². The standard InChI is InChI=1S/C11H6N2O4/c12-6-2-1-3-8-7-9(13(16)17)4-5-10(8)11(14)15/h4-5,7H,2H2,(H,14,15). The molecule has 6 heteroatoms. The fourth-order valence-corrected chi connectivity index (χ4v) is 1.11. The zero-order valence-electron chi connectivity index (χ0n) is 8.51. The first-order valence-corrected chi connectivity index (χ1v) is 4.44. The number of carbonyl (C=O) groups is 1. The van der Waals surface area contributed by atoms with Crippen LogP contribution in [0, 0.1) is 33.3 Å². The van der Waals surface area contributed by atoms with Crippen molar-refractivity contribution in [2.75, 3.05) is 0 Å². The Bertz CT molecular complexity index is 575. The maximum absolute atomic E-state index is 10.8. The normalized spacial score (nSPS) is 8.65. The molecule has 0 spiro atoms. The lowest BCUT2D eigenvalue weighted by molar-refractivity contribution is -0.384. The third-order valence-electron chi connectivity index (χ3n) is 1.83. The van der Waals surface area contributed by atoms with E-state index in [4.69, 9.17) is 10.4 Å². The smallest absolute Gasteiger partial charge is 0.336 e. The minimum absolute atomic E-state index is 0.0296. The molecule has 0 aliphatic carbocycles. The largest absolute Gasteiger partial charge is 0.478 e. The number of rotatable bonds is 2. The Morgan fingerprint density at radius 1 is 1.53 bits per heavy atom. The summed E-state index contributed by atoms with van der Waals surface area (Å²) >= 11 is 0. The van der Waals surface area contributed by atoms with Gasteiger partial charge < -0.3 is 5.11 Å². The fourth-order valence-electron chi connectivity index (χ4n) is 1.11. The monoisotopic (exact) mass is 230 g/mol. The van der Waals surface area contributed by atoms with Crippen LogP contribution in [0.1, 0.15) is 22.3 Å². The second-order valence-corrected chi connectivity index (χ2v) is 2.93. The van der Waals surface area contributed by atoms with E-state index in [1.807, 2.05) is 0 Å². The summed E-state index contributed by atoms with van der Waals surface area (Å²) in [7, 11) is 0. The first kappa shape index (κ1) is 12.2. The topological polar surface area (TPSA) is 104 Å². The van der Waals surface area contributed by atoms with E-state index in [1.54, 1.807) is 6.07 Å². The zero-order chi connectivity index (χ0) is 12.8. The van der Waals surface area contributed by atoms with E-state index in [1.165, 1.54) is 0 Å². The Morgan fingerprint density at radius 2 is 2.24 bits per heavy atom. The molecule has 0 amide bonds. The molecule has 0 bridgehead atoms. The van der Waals surface area contributed by atoms with Crippen molar-refractivity contribution in [3.8, 4) is 17.9 Å². The Balaban J connectivity index is 3.28. The van der Waals surface area contributed by atoms with Crippen LogP contribution in [0.3, 0.4) is 0 Å². The van der Waals surface area contributed by atoms with Crippen molar-refractivity contribution in [3.05, 3.63) is 39.4 Å². The number of hydrogen-bond acceptors (Lipinski definition) is 4. The van der Waals surface area contributed by atoms with Gasteiger partial charge in [-0.05, 0) is 6.07 Å². The number of aromatic carboxylic acids is 1. The van der Waals surface area contributed by atoms with E-state index >= 15 is 0 Å². The summed E-state index contributed by atoms with van der Waals surface area (Å²) in [5.74, 6) is 3.63. The highest BCUT2D eigenvalue weighted by Gasteiger charge is 2.13. The molecule has 0 saturated heterocycles. The molecule has 0 fully saturated rings. The highest BCUT2D eigenvalue weighted by Crippen LogP contribution is 2.17. The van der Waals surface area contributed by atoms with Crippen LogP contribution in [0.5, 0.6) is 0 Å². The van der Waals surface area contributed by atoms with Crippen molar-refractivity contribution in [3.63, 3.8) is 0 Å². The van der Waals surface area contributed by atoms with E-state index in [0.717, 1.165) is 18.2 Å². The van der Waals surface area contributed by atoms with Crippen LogP contribution in [0.25, 0.3) is 0 Å². The SMILES string of the molecule is N#CCC#Cc1cc([N+](=O)[O-])ccc1C(=O)O. The molecule has 0 atom stereocenters. The second-order valence-electron chi connectivity index (χ2n) is 2.93. The molecule has 1 aromatic rings. The third kappa shape index (κ3) is 3.05. The molecule has 6 nitrogen and oxygen atoms in total. The lowest BCUT2D eigenvalue weighted by atomic mass is 10.1. The van der Waals surface area contributed by atoms with Gasteiger partial charge in [-0.1, -0.05) is 11.8 Å². The summed E-state index contributed by atoms with van der Waals surface area (Å²) in [6.45, 7) is 0. The van der Waals surface area contributed by atoms with E-state index in [0.29, 0.717) is 0 Å². The first-order chi connectivity index (χ1) is 8.06. The summed E-state index contributed by atoms with van der Waals surface area (Å²) in [5, 5.41) is 27.7. The van der Waals surface area contributed by atoms with E-state index in [2.05, 4.69) is 11.8 Å². The highest BCUT2D eigenvalue weighted by molar-refractivity contribution is 5.91. The minimum Gasteiger partial charge on any atom is -0.478 e. The summed E-state index contributed by atoms with van der Waals surface area (Å²) in [6.07, 6.45) is -0.0677. The van der Waals surface area contributed by atoms with Gasteiger partial charge in [-0.25, -0.2) is 4.79 Å². The van der Waals surface area contributed by atoms with Crippen molar-refractivity contribution in [2.24, 2.45) is 0 Å². The van der Waals surface area contributed by atoms with Crippen molar-refractivity contribution in [1.82, 2.24) is 0 Å². The van der Waals surface area contributed by atoms with Crippen LogP contribution in [-0.2, 0) is 0 Å². The molecule has 0 heterocycles. The Morgan fingerprint density at radius 3 is 2.76 bits per heavy atom. The van der Waals surface area contributed by atoms with Crippen molar-refractivity contribution >= 4 is 11.7 Å². The number of nitriles is 1. The highest BCUT2D eigenvalue weighted by atomic mass is 16.6. The molecular formula is C11H6N2O4. The number of hydrogen-bond donors (Lipinski definition) is 1. The molecule has 1 N–H and O–H groups in total. The summed E-state index contributed by atoms with van der Waals surface area (Å²) in [5.41, 5.74) is -0.334. The Labute approximate surface area is 96.3 Å². The summed E-state index contributed by atoms with van der Waals surface area (Å²) < 4.78 is 0. The van der Waals surface area contributed by atoms with Gasteiger partial charge >= 0.3 is 5.97 Å². The van der Waals surface area contributed by atoms with Gasteiger partial charge in [0.25, 0.3) is 5.69 Å². The maximum Gasteiger partial charge on any atom is 0.336 e. The minimum atomic E-state index is -1.22. The molecule has 0 saturated carbocycles. The van der Waals surface area contributed by atoms with Crippen LogP contribution < -0.4 is 0 Å². The van der Waals surface area contributed by atoms with E-state index in [9.17, 15) is 14.9 Å². The predicted octanol–water partition coefficient (Wildman–Crippen LogP) is 1.56. The van der Waals surface area contributed by atoms with E-state index < -0.39 is 10.9 Å². The van der Waals surface area contributed by atoms with Gasteiger partial charge in [0.2, 0.25) is 0 Å². The van der Waals surface area contributed by atoms with Crippen LogP contribution in [-0.4, -0.2) is 16.0 Å². The van der Waals surface area contributed by atoms with Crippen LogP contribution in [0.2, 0.25) is 0 Å². The number of benzene rings is 1. The number of carboxylic acid groups (broad SMARTS) is 1. The molecule has 1 rings (SSSR count). The summed E-state index contributed by atoms with van der Waals surface area (Å²) in [4.78, 5) is 20.7. The quantitative estimate of drug-likeness (QED) is 0.471. The molecule has 84 valence electrons. The number of nitro benzene ring substituents is 1. The number of nitro groups is 1. The maximum atomic E-state index is 10.8. The first-order valence-electron chi connectivity index (χ1n) is 4.44. The lowest BCUT2D eigenvalue weighted by Crippen LogP contribution is -2.01. The third-order valence-corrected chi connectivity index (χ3v) is 1.83. The van der Waals surface area contributed by atoms with Gasteiger partial charge in [-0.2, -0.15) is 5.26 Å².